The lowest BCUT2D eigenvalue weighted by atomic mass is 10.1. The summed E-state index contributed by atoms with van der Waals surface area (Å²) in [5.74, 6) is -0.0324. The molecule has 1 fully saturated rings. The largest absolute Gasteiger partial charge is 0.368 e. The number of nitriles is 1. The summed E-state index contributed by atoms with van der Waals surface area (Å²) in [5.41, 5.74) is 4.44. The molecule has 4 rings (SSSR count). The van der Waals surface area contributed by atoms with E-state index in [1.165, 1.54) is 0 Å². The molecule has 31 heavy (non-hydrogen) atoms. The van der Waals surface area contributed by atoms with Gasteiger partial charge in [-0.05, 0) is 37.3 Å². The third-order valence-corrected chi connectivity index (χ3v) is 5.52. The Morgan fingerprint density at radius 2 is 1.77 bits per heavy atom. The maximum absolute atomic E-state index is 12.4. The van der Waals surface area contributed by atoms with Crippen LogP contribution in [0.4, 0.5) is 5.69 Å². The van der Waals surface area contributed by atoms with Gasteiger partial charge in [-0.1, -0.05) is 30.3 Å². The zero-order valence-corrected chi connectivity index (χ0v) is 17.7. The molecule has 0 saturated carbocycles. The quantitative estimate of drug-likeness (QED) is 0.671. The first kappa shape index (κ1) is 20.6. The number of carbonyl (C=O) groups is 1. The molecule has 7 heteroatoms. The number of para-hydroxylation sites is 2. The number of hydrogen-bond acceptors (Lipinski definition) is 5. The first-order valence-corrected chi connectivity index (χ1v) is 10.5. The van der Waals surface area contributed by atoms with E-state index in [1.54, 1.807) is 0 Å². The van der Waals surface area contributed by atoms with Crippen LogP contribution in [-0.2, 0) is 11.2 Å². The van der Waals surface area contributed by atoms with Crippen LogP contribution in [0.5, 0.6) is 0 Å². The van der Waals surface area contributed by atoms with Crippen LogP contribution in [0.25, 0.3) is 5.69 Å². The molecule has 158 valence electrons. The summed E-state index contributed by atoms with van der Waals surface area (Å²) in [6.45, 7) is 5.84. The van der Waals surface area contributed by atoms with Gasteiger partial charge in [0.05, 0.1) is 35.7 Å². The van der Waals surface area contributed by atoms with Crippen LogP contribution in [0, 0.1) is 18.3 Å². The number of aromatic nitrogens is 2. The van der Waals surface area contributed by atoms with E-state index in [4.69, 9.17) is 0 Å². The maximum Gasteiger partial charge on any atom is 0.227 e. The lowest BCUT2D eigenvalue weighted by Gasteiger charge is -2.36. The fourth-order valence-corrected chi connectivity index (χ4v) is 3.87. The second-order valence-corrected chi connectivity index (χ2v) is 7.69. The Balaban J connectivity index is 1.26. The molecule has 0 aliphatic carbocycles. The third kappa shape index (κ3) is 4.93. The summed E-state index contributed by atoms with van der Waals surface area (Å²) >= 11 is 0. The molecule has 2 aromatic carbocycles. The molecule has 7 nitrogen and oxygen atoms in total. The van der Waals surface area contributed by atoms with Crippen LogP contribution in [0.3, 0.4) is 0 Å². The van der Waals surface area contributed by atoms with Gasteiger partial charge in [0.2, 0.25) is 5.91 Å². The molecule has 1 aromatic heterocycles. The fourth-order valence-electron chi connectivity index (χ4n) is 3.87. The lowest BCUT2D eigenvalue weighted by Crippen LogP contribution is -2.50. The number of piperazine rings is 1. The van der Waals surface area contributed by atoms with Crippen molar-refractivity contribution in [3.05, 3.63) is 77.6 Å². The van der Waals surface area contributed by atoms with Gasteiger partial charge >= 0.3 is 0 Å². The molecule has 0 radical (unpaired) electrons. The van der Waals surface area contributed by atoms with E-state index in [-0.39, 0.29) is 12.3 Å². The molecule has 1 amide bonds. The standard InChI is InChI=1S/C24H26N6O/c1-19-15-21(27-30(19)22-8-3-2-4-9-22)16-24(31)26-18-28-11-13-29(14-12-28)23-10-6-5-7-20(23)17-25/h2-10,15H,11-14,16,18H2,1H3,(H,26,31). The molecular weight excluding hydrogens is 388 g/mol. The number of nitrogens with one attached hydrogen (secondary N) is 1. The summed E-state index contributed by atoms with van der Waals surface area (Å²) in [6, 6.07) is 21.8. The van der Waals surface area contributed by atoms with Crippen LogP contribution in [0.15, 0.2) is 60.7 Å². The molecule has 0 atom stereocenters. The smallest absolute Gasteiger partial charge is 0.227 e. The second kappa shape index (κ2) is 9.45. The summed E-state index contributed by atoms with van der Waals surface area (Å²) in [7, 11) is 0. The predicted molar refractivity (Wildman–Crippen MR) is 120 cm³/mol. The molecule has 1 aliphatic rings. The van der Waals surface area contributed by atoms with Gasteiger partial charge in [-0.2, -0.15) is 10.4 Å². The average Bonchev–Trinajstić information content (AvgIpc) is 3.18. The Hall–Kier alpha value is -3.63. The van der Waals surface area contributed by atoms with E-state index >= 15 is 0 Å². The first-order chi connectivity index (χ1) is 15.1. The lowest BCUT2D eigenvalue weighted by molar-refractivity contribution is -0.121. The van der Waals surface area contributed by atoms with Gasteiger partial charge in [-0.3, -0.25) is 9.69 Å². The van der Waals surface area contributed by atoms with Crippen LogP contribution >= 0.6 is 0 Å². The van der Waals surface area contributed by atoms with Crippen molar-refractivity contribution in [1.82, 2.24) is 20.0 Å². The van der Waals surface area contributed by atoms with E-state index in [0.29, 0.717) is 12.2 Å². The summed E-state index contributed by atoms with van der Waals surface area (Å²) in [6.07, 6.45) is 0.260. The van der Waals surface area contributed by atoms with E-state index in [2.05, 4.69) is 26.3 Å². The number of hydrogen-bond donors (Lipinski definition) is 1. The zero-order chi connectivity index (χ0) is 21.6. The highest BCUT2D eigenvalue weighted by Crippen LogP contribution is 2.20. The van der Waals surface area contributed by atoms with Crippen molar-refractivity contribution in [2.24, 2.45) is 0 Å². The van der Waals surface area contributed by atoms with Gasteiger partial charge in [0, 0.05) is 31.9 Å². The van der Waals surface area contributed by atoms with Crippen LogP contribution in [0.1, 0.15) is 17.0 Å². The van der Waals surface area contributed by atoms with Crippen LogP contribution < -0.4 is 10.2 Å². The maximum atomic E-state index is 12.4. The van der Waals surface area contributed by atoms with Crippen molar-refractivity contribution in [2.45, 2.75) is 13.3 Å². The summed E-state index contributed by atoms with van der Waals surface area (Å²) in [5, 5.41) is 16.9. The minimum absolute atomic E-state index is 0.0324. The number of nitrogens with zero attached hydrogens (tertiary/aromatic N) is 5. The second-order valence-electron chi connectivity index (χ2n) is 7.69. The molecular formula is C24H26N6O. The topological polar surface area (TPSA) is 77.2 Å². The Kier molecular flexibility index (Phi) is 6.29. The summed E-state index contributed by atoms with van der Waals surface area (Å²) < 4.78 is 1.86. The number of carbonyl (C=O) groups excluding carboxylic acids is 1. The van der Waals surface area contributed by atoms with Gasteiger partial charge in [0.1, 0.15) is 6.07 Å². The molecule has 0 unspecified atom stereocenters. The Labute approximate surface area is 182 Å². The van der Waals surface area contributed by atoms with E-state index in [0.717, 1.165) is 48.9 Å². The Bertz CT molecular complexity index is 1080. The van der Waals surface area contributed by atoms with Gasteiger partial charge < -0.3 is 10.2 Å². The van der Waals surface area contributed by atoms with Crippen molar-refractivity contribution in [2.75, 3.05) is 37.7 Å². The average molecular weight is 415 g/mol. The fraction of sp³-hybridized carbons (Fsp3) is 0.292. The minimum atomic E-state index is -0.0324. The Morgan fingerprint density at radius 3 is 2.52 bits per heavy atom. The molecule has 0 spiro atoms. The molecule has 2 heterocycles. The molecule has 1 aliphatic heterocycles. The molecule has 3 aromatic rings. The number of anilines is 1. The van der Waals surface area contributed by atoms with E-state index in [9.17, 15) is 10.1 Å². The Morgan fingerprint density at radius 1 is 1.06 bits per heavy atom. The highest BCUT2D eigenvalue weighted by molar-refractivity contribution is 5.78. The molecule has 1 saturated heterocycles. The van der Waals surface area contributed by atoms with Crippen molar-refractivity contribution >= 4 is 11.6 Å². The SMILES string of the molecule is Cc1cc(CC(=O)NCN2CCN(c3ccccc3C#N)CC2)nn1-c1ccccc1. The van der Waals surface area contributed by atoms with E-state index in [1.807, 2.05) is 72.3 Å². The van der Waals surface area contributed by atoms with Crippen molar-refractivity contribution in [3.8, 4) is 11.8 Å². The molecule has 0 bridgehead atoms. The normalized spacial score (nSPS) is 14.3. The zero-order valence-electron chi connectivity index (χ0n) is 17.7. The third-order valence-electron chi connectivity index (χ3n) is 5.52. The number of amides is 1. The highest BCUT2D eigenvalue weighted by atomic mass is 16.1. The predicted octanol–water partition coefficient (Wildman–Crippen LogP) is 2.49. The molecule has 1 N–H and O–H groups in total. The van der Waals surface area contributed by atoms with Crippen molar-refractivity contribution < 1.29 is 4.79 Å². The van der Waals surface area contributed by atoms with Crippen molar-refractivity contribution in [1.29, 1.82) is 5.26 Å². The first-order valence-electron chi connectivity index (χ1n) is 10.5. The highest BCUT2D eigenvalue weighted by Gasteiger charge is 2.19. The van der Waals surface area contributed by atoms with Gasteiger partial charge in [-0.25, -0.2) is 4.68 Å². The van der Waals surface area contributed by atoms with Crippen LogP contribution in [-0.4, -0.2) is 53.4 Å². The number of aryl methyl sites for hydroxylation is 1. The number of rotatable bonds is 6. The van der Waals surface area contributed by atoms with E-state index < -0.39 is 0 Å². The number of benzene rings is 2. The van der Waals surface area contributed by atoms with Gasteiger partial charge in [0.15, 0.2) is 0 Å². The van der Waals surface area contributed by atoms with Crippen molar-refractivity contribution in [3.63, 3.8) is 0 Å². The van der Waals surface area contributed by atoms with Gasteiger partial charge in [-0.15, -0.1) is 0 Å². The summed E-state index contributed by atoms with van der Waals surface area (Å²) in [4.78, 5) is 16.9. The monoisotopic (exact) mass is 414 g/mol. The van der Waals surface area contributed by atoms with Crippen LogP contribution in [0.2, 0.25) is 0 Å². The minimum Gasteiger partial charge on any atom is -0.368 e. The van der Waals surface area contributed by atoms with Gasteiger partial charge in [0.25, 0.3) is 0 Å².